The van der Waals surface area contributed by atoms with E-state index in [-0.39, 0.29) is 18.0 Å². The van der Waals surface area contributed by atoms with Crippen molar-refractivity contribution >= 4 is 33.2 Å². The molecule has 0 aliphatic carbocycles. The summed E-state index contributed by atoms with van der Waals surface area (Å²) in [4.78, 5) is 18.8. The van der Waals surface area contributed by atoms with Gasteiger partial charge >= 0.3 is 6.03 Å². The number of nitrogens with one attached hydrogen (secondary N) is 1. The number of hydrogen-bond donors (Lipinski definition) is 1. The van der Waals surface area contributed by atoms with Crippen LogP contribution in [-0.4, -0.2) is 59.6 Å². The van der Waals surface area contributed by atoms with Crippen molar-refractivity contribution < 1.29 is 17.9 Å². The highest BCUT2D eigenvalue weighted by Gasteiger charge is 2.26. The molecule has 0 saturated carbocycles. The first kappa shape index (κ1) is 21.3. The highest BCUT2D eigenvalue weighted by Crippen LogP contribution is 2.34. The summed E-state index contributed by atoms with van der Waals surface area (Å²) >= 11 is 1.57. The molecule has 31 heavy (non-hydrogen) atoms. The van der Waals surface area contributed by atoms with Crippen LogP contribution in [0, 0.1) is 6.92 Å². The van der Waals surface area contributed by atoms with Crippen molar-refractivity contribution in [3.05, 3.63) is 47.6 Å². The highest BCUT2D eigenvalue weighted by molar-refractivity contribution is 7.92. The maximum atomic E-state index is 12.7. The van der Waals surface area contributed by atoms with E-state index in [1.165, 1.54) is 12.3 Å². The first-order chi connectivity index (χ1) is 14.8. The molecule has 1 amide bonds. The number of carbonyl (C=O) groups is 1. The number of amides is 1. The van der Waals surface area contributed by atoms with Crippen LogP contribution in [0.4, 0.5) is 10.6 Å². The topological polar surface area (TPSA) is 106 Å². The number of ether oxygens (including phenoxy) is 1. The van der Waals surface area contributed by atoms with Crippen LogP contribution < -0.4 is 9.46 Å². The molecule has 164 valence electrons. The van der Waals surface area contributed by atoms with Crippen LogP contribution in [0.5, 0.6) is 5.75 Å². The molecule has 11 heteroatoms. The first-order valence-electron chi connectivity index (χ1n) is 9.78. The molecule has 1 aliphatic heterocycles. The largest absolute Gasteiger partial charge is 0.490 e. The van der Waals surface area contributed by atoms with Gasteiger partial charge in [-0.15, -0.1) is 16.4 Å². The Morgan fingerprint density at radius 2 is 2.03 bits per heavy atom. The molecule has 1 aliphatic rings. The normalized spacial score (nSPS) is 15.1. The summed E-state index contributed by atoms with van der Waals surface area (Å²) in [5, 5.41) is 6.87. The number of hydrogen-bond acceptors (Lipinski definition) is 7. The number of piperidine rings is 1. The summed E-state index contributed by atoms with van der Waals surface area (Å²) in [5.74, 6) is 0.914. The number of benzene rings is 1. The fourth-order valence-corrected chi connectivity index (χ4v) is 4.58. The summed E-state index contributed by atoms with van der Waals surface area (Å²) in [6.07, 6.45) is 5.63. The SMILES string of the molecule is Cc1ccc(OC2CCN(C(=O)n3ccc(NS(C)(=O)=O)n3)CC2)c(-c2nccs2)c1. The number of carbonyl (C=O) groups excluding carboxylic acids is 1. The van der Waals surface area contributed by atoms with Gasteiger partial charge in [-0.2, -0.15) is 4.68 Å². The van der Waals surface area contributed by atoms with Crippen molar-refractivity contribution in [2.24, 2.45) is 0 Å². The van der Waals surface area contributed by atoms with Gasteiger partial charge in [-0.3, -0.25) is 4.72 Å². The number of thiazole rings is 1. The van der Waals surface area contributed by atoms with E-state index in [0.29, 0.717) is 25.9 Å². The van der Waals surface area contributed by atoms with E-state index in [4.69, 9.17) is 4.74 Å². The number of aromatic nitrogens is 3. The smallest absolute Gasteiger partial charge is 0.344 e. The molecule has 3 heterocycles. The van der Waals surface area contributed by atoms with Crippen LogP contribution in [-0.2, 0) is 10.0 Å². The Hall–Kier alpha value is -2.92. The fourth-order valence-electron chi connectivity index (χ4n) is 3.43. The number of anilines is 1. The van der Waals surface area contributed by atoms with E-state index in [1.54, 1.807) is 22.4 Å². The Kier molecular flexibility index (Phi) is 5.96. The average molecular weight is 462 g/mol. The molecule has 0 bridgehead atoms. The number of likely N-dealkylation sites (tertiary alicyclic amines) is 1. The van der Waals surface area contributed by atoms with Gasteiger partial charge in [0, 0.05) is 49.8 Å². The molecule has 1 saturated heterocycles. The Morgan fingerprint density at radius 3 is 2.71 bits per heavy atom. The average Bonchev–Trinajstić information content (AvgIpc) is 3.40. The highest BCUT2D eigenvalue weighted by atomic mass is 32.2. The first-order valence-corrected chi connectivity index (χ1v) is 12.6. The number of sulfonamides is 1. The zero-order chi connectivity index (χ0) is 22.0. The summed E-state index contributed by atoms with van der Waals surface area (Å²) < 4.78 is 32.3. The lowest BCUT2D eigenvalue weighted by molar-refractivity contribution is 0.111. The molecule has 3 aromatic rings. The van der Waals surface area contributed by atoms with Crippen molar-refractivity contribution in [3.63, 3.8) is 0 Å². The molecular weight excluding hydrogens is 438 g/mol. The molecule has 0 radical (unpaired) electrons. The van der Waals surface area contributed by atoms with Crippen LogP contribution in [0.2, 0.25) is 0 Å². The van der Waals surface area contributed by atoms with Crippen LogP contribution in [0.25, 0.3) is 10.6 Å². The van der Waals surface area contributed by atoms with Crippen LogP contribution in [0.15, 0.2) is 42.0 Å². The number of nitrogens with zero attached hydrogens (tertiary/aromatic N) is 4. The van der Waals surface area contributed by atoms with Crippen LogP contribution in [0.1, 0.15) is 18.4 Å². The van der Waals surface area contributed by atoms with Gasteiger partial charge in [0.25, 0.3) is 0 Å². The molecule has 4 rings (SSSR count). The van der Waals surface area contributed by atoms with E-state index in [1.807, 2.05) is 24.4 Å². The molecule has 1 aromatic carbocycles. The number of aryl methyl sites for hydroxylation is 1. The lowest BCUT2D eigenvalue weighted by Gasteiger charge is -2.32. The molecular formula is C20H23N5O4S2. The lowest BCUT2D eigenvalue weighted by atomic mass is 10.1. The van der Waals surface area contributed by atoms with Gasteiger partial charge in [-0.25, -0.2) is 18.2 Å². The molecule has 0 spiro atoms. The minimum Gasteiger partial charge on any atom is -0.490 e. The van der Waals surface area contributed by atoms with E-state index >= 15 is 0 Å². The molecule has 1 fully saturated rings. The Labute approximate surface area is 184 Å². The van der Waals surface area contributed by atoms with E-state index in [0.717, 1.165) is 32.8 Å². The standard InChI is InChI=1S/C20H23N5O4S2/c1-14-3-4-17(16(13-14)19-21-8-12-30-19)29-15-5-9-24(10-6-15)20(26)25-11-7-18(22-25)23-31(2,27)28/h3-4,7-8,11-13,15H,5-6,9-10H2,1-2H3,(H,22,23). The molecule has 9 nitrogen and oxygen atoms in total. The fraction of sp³-hybridized carbons (Fsp3) is 0.350. The van der Waals surface area contributed by atoms with Crippen molar-refractivity contribution in [2.75, 3.05) is 24.1 Å². The third-order valence-electron chi connectivity index (χ3n) is 4.88. The van der Waals surface area contributed by atoms with Crippen molar-refractivity contribution in [2.45, 2.75) is 25.9 Å². The molecule has 0 unspecified atom stereocenters. The summed E-state index contributed by atoms with van der Waals surface area (Å²) in [7, 11) is -3.45. The maximum absolute atomic E-state index is 12.7. The van der Waals surface area contributed by atoms with Crippen molar-refractivity contribution in [3.8, 4) is 16.3 Å². The maximum Gasteiger partial charge on any atom is 0.344 e. The monoisotopic (exact) mass is 461 g/mol. The minimum atomic E-state index is -3.45. The zero-order valence-electron chi connectivity index (χ0n) is 17.2. The second-order valence-corrected chi connectivity index (χ2v) is 10.1. The summed E-state index contributed by atoms with van der Waals surface area (Å²) in [6.45, 7) is 3.09. The quantitative estimate of drug-likeness (QED) is 0.625. The minimum absolute atomic E-state index is 0.00875. The van der Waals surface area contributed by atoms with Gasteiger partial charge in [0.2, 0.25) is 10.0 Å². The van der Waals surface area contributed by atoms with Crippen molar-refractivity contribution in [1.29, 1.82) is 0 Å². The molecule has 0 atom stereocenters. The summed E-state index contributed by atoms with van der Waals surface area (Å²) in [5.41, 5.74) is 2.12. The summed E-state index contributed by atoms with van der Waals surface area (Å²) in [6, 6.07) is 7.23. The second-order valence-electron chi connectivity index (χ2n) is 7.44. The van der Waals surface area contributed by atoms with Gasteiger partial charge in [0.1, 0.15) is 16.9 Å². The Balaban J connectivity index is 1.38. The third kappa shape index (κ3) is 5.23. The van der Waals surface area contributed by atoms with Crippen LogP contribution >= 0.6 is 11.3 Å². The van der Waals surface area contributed by atoms with Gasteiger partial charge in [-0.05, 0) is 19.1 Å². The number of rotatable bonds is 5. The lowest BCUT2D eigenvalue weighted by Crippen LogP contribution is -2.43. The van der Waals surface area contributed by atoms with Gasteiger partial charge in [0.15, 0.2) is 5.82 Å². The predicted molar refractivity (Wildman–Crippen MR) is 119 cm³/mol. The third-order valence-corrected chi connectivity index (χ3v) is 6.27. The molecule has 2 aromatic heterocycles. The second kappa shape index (κ2) is 8.67. The van der Waals surface area contributed by atoms with E-state index in [9.17, 15) is 13.2 Å². The molecule has 1 N–H and O–H groups in total. The van der Waals surface area contributed by atoms with Gasteiger partial charge in [-0.1, -0.05) is 11.6 Å². The van der Waals surface area contributed by atoms with Gasteiger partial charge < -0.3 is 9.64 Å². The zero-order valence-corrected chi connectivity index (χ0v) is 18.8. The van der Waals surface area contributed by atoms with Crippen molar-refractivity contribution in [1.82, 2.24) is 19.7 Å². The van der Waals surface area contributed by atoms with Gasteiger partial charge in [0.05, 0.1) is 11.8 Å². The Bertz CT molecular complexity index is 1170. The van der Waals surface area contributed by atoms with E-state index in [2.05, 4.69) is 20.9 Å². The van der Waals surface area contributed by atoms with E-state index < -0.39 is 10.0 Å². The van der Waals surface area contributed by atoms with Crippen LogP contribution in [0.3, 0.4) is 0 Å². The Morgan fingerprint density at radius 1 is 1.26 bits per heavy atom. The predicted octanol–water partition coefficient (Wildman–Crippen LogP) is 3.20.